The molecule has 2 aromatic rings. The molecule has 3 rings (SSSR count). The van der Waals surface area contributed by atoms with Crippen molar-refractivity contribution in [3.63, 3.8) is 0 Å². The molecule has 0 fully saturated rings. The van der Waals surface area contributed by atoms with Crippen molar-refractivity contribution in [2.24, 2.45) is 0 Å². The van der Waals surface area contributed by atoms with Gasteiger partial charge in [-0.3, -0.25) is 9.59 Å². The van der Waals surface area contributed by atoms with Gasteiger partial charge in [0.25, 0.3) is 0 Å². The first-order chi connectivity index (χ1) is 12.1. The second kappa shape index (κ2) is 7.70. The van der Waals surface area contributed by atoms with Crippen molar-refractivity contribution in [1.29, 1.82) is 0 Å². The molecule has 0 saturated carbocycles. The molecule has 0 amide bonds. The van der Waals surface area contributed by atoms with Crippen molar-refractivity contribution >= 4 is 11.8 Å². The van der Waals surface area contributed by atoms with Gasteiger partial charge in [0.05, 0.1) is 13.0 Å². The van der Waals surface area contributed by atoms with Crippen LogP contribution < -0.4 is 14.2 Å². The van der Waals surface area contributed by atoms with Crippen LogP contribution in [0.25, 0.3) is 0 Å². The number of Topliss-reactive ketones (excluding diaryl/α,β-unsaturated/α-hetero) is 1. The Morgan fingerprint density at radius 3 is 2.72 bits per heavy atom. The number of hydrogen-bond acceptors (Lipinski definition) is 6. The molecular weight excluding hydrogens is 324 g/mol. The highest BCUT2D eigenvalue weighted by atomic mass is 16.7. The molecule has 1 heterocycles. The minimum Gasteiger partial charge on any atom is -0.493 e. The summed E-state index contributed by atoms with van der Waals surface area (Å²) in [4.78, 5) is 23.8. The first-order valence-corrected chi connectivity index (χ1v) is 7.90. The molecule has 1 aliphatic heterocycles. The van der Waals surface area contributed by atoms with Crippen molar-refractivity contribution in [2.45, 2.75) is 13.3 Å². The summed E-state index contributed by atoms with van der Waals surface area (Å²) in [5.41, 5.74) is 1.40. The van der Waals surface area contributed by atoms with Gasteiger partial charge < -0.3 is 18.9 Å². The van der Waals surface area contributed by atoms with Crippen molar-refractivity contribution in [1.82, 2.24) is 0 Å². The lowest BCUT2D eigenvalue weighted by Gasteiger charge is -2.09. The normalized spacial score (nSPS) is 11.9. The summed E-state index contributed by atoms with van der Waals surface area (Å²) >= 11 is 0. The molecule has 0 radical (unpaired) electrons. The third kappa shape index (κ3) is 4.29. The van der Waals surface area contributed by atoms with Crippen molar-refractivity contribution in [3.05, 3.63) is 53.6 Å². The van der Waals surface area contributed by atoms with Crippen LogP contribution in [-0.2, 0) is 9.53 Å². The number of benzene rings is 2. The third-order valence-corrected chi connectivity index (χ3v) is 3.72. The SMILES string of the molecule is Cc1ccccc1OCCC(=O)OCC(=O)c1ccc2c(c1)OCO2. The van der Waals surface area contributed by atoms with E-state index in [-0.39, 0.29) is 32.2 Å². The first kappa shape index (κ1) is 16.8. The maximum Gasteiger partial charge on any atom is 0.309 e. The standard InChI is InChI=1S/C19H18O6/c1-13-4-2-3-5-16(13)22-9-8-19(21)23-11-15(20)14-6-7-17-18(10-14)25-12-24-17/h2-7,10H,8-9,11-12H2,1H3. The summed E-state index contributed by atoms with van der Waals surface area (Å²) in [6, 6.07) is 12.4. The van der Waals surface area contributed by atoms with Crippen LogP contribution in [0.3, 0.4) is 0 Å². The van der Waals surface area contributed by atoms with Crippen LogP contribution in [0.1, 0.15) is 22.3 Å². The van der Waals surface area contributed by atoms with E-state index in [1.807, 2.05) is 31.2 Å². The topological polar surface area (TPSA) is 71.1 Å². The number of carbonyl (C=O) groups is 2. The first-order valence-electron chi connectivity index (χ1n) is 7.90. The van der Waals surface area contributed by atoms with Crippen molar-refractivity contribution in [2.75, 3.05) is 20.0 Å². The van der Waals surface area contributed by atoms with Crippen molar-refractivity contribution < 1.29 is 28.5 Å². The van der Waals surface area contributed by atoms with Gasteiger partial charge in [0.2, 0.25) is 6.79 Å². The molecule has 0 saturated heterocycles. The molecule has 0 atom stereocenters. The smallest absolute Gasteiger partial charge is 0.309 e. The van der Waals surface area contributed by atoms with Crippen LogP contribution in [0, 0.1) is 6.92 Å². The molecule has 0 aromatic heterocycles. The zero-order valence-corrected chi connectivity index (χ0v) is 13.8. The number of hydrogen-bond donors (Lipinski definition) is 0. The van der Waals surface area contributed by atoms with Crippen LogP contribution in [-0.4, -0.2) is 31.8 Å². The minimum atomic E-state index is -0.484. The summed E-state index contributed by atoms with van der Waals surface area (Å²) in [7, 11) is 0. The van der Waals surface area contributed by atoms with E-state index in [2.05, 4.69) is 0 Å². The van der Waals surface area contributed by atoms with Gasteiger partial charge in [-0.2, -0.15) is 0 Å². The summed E-state index contributed by atoms with van der Waals surface area (Å²) < 4.78 is 20.9. The zero-order chi connectivity index (χ0) is 17.6. The predicted molar refractivity (Wildman–Crippen MR) is 89.1 cm³/mol. The molecule has 0 spiro atoms. The Kier molecular flexibility index (Phi) is 5.18. The molecule has 0 N–H and O–H groups in total. The van der Waals surface area contributed by atoms with Gasteiger partial charge in [0.15, 0.2) is 23.9 Å². The Labute approximate surface area is 145 Å². The Bertz CT molecular complexity index is 783. The fraction of sp³-hybridized carbons (Fsp3) is 0.263. The number of rotatable bonds is 7. The van der Waals surface area contributed by atoms with Gasteiger partial charge >= 0.3 is 5.97 Å². The second-order valence-electron chi connectivity index (χ2n) is 5.52. The lowest BCUT2D eigenvalue weighted by Crippen LogP contribution is -2.16. The quantitative estimate of drug-likeness (QED) is 0.569. The van der Waals surface area contributed by atoms with Gasteiger partial charge in [-0.25, -0.2) is 0 Å². The van der Waals surface area contributed by atoms with Crippen molar-refractivity contribution in [3.8, 4) is 17.2 Å². The van der Waals surface area contributed by atoms with Gasteiger partial charge in [-0.15, -0.1) is 0 Å². The van der Waals surface area contributed by atoms with Gasteiger partial charge in [-0.1, -0.05) is 18.2 Å². The summed E-state index contributed by atoms with van der Waals surface area (Å²) in [6.07, 6.45) is 0.0722. The highest BCUT2D eigenvalue weighted by Gasteiger charge is 2.17. The molecule has 0 aliphatic carbocycles. The highest BCUT2D eigenvalue weighted by Crippen LogP contribution is 2.32. The van der Waals surface area contributed by atoms with E-state index >= 15 is 0 Å². The van der Waals surface area contributed by atoms with E-state index in [0.29, 0.717) is 17.1 Å². The van der Waals surface area contributed by atoms with Gasteiger partial charge in [0.1, 0.15) is 5.75 Å². The zero-order valence-electron chi connectivity index (χ0n) is 13.8. The molecule has 25 heavy (non-hydrogen) atoms. The van der Waals surface area contributed by atoms with Crippen LogP contribution >= 0.6 is 0 Å². The van der Waals surface area contributed by atoms with Crippen LogP contribution in [0.15, 0.2) is 42.5 Å². The average Bonchev–Trinajstić information content (AvgIpc) is 3.09. The van der Waals surface area contributed by atoms with E-state index in [4.69, 9.17) is 18.9 Å². The molecular formula is C19H18O6. The lowest BCUT2D eigenvalue weighted by atomic mass is 10.1. The second-order valence-corrected chi connectivity index (χ2v) is 5.52. The van der Waals surface area contributed by atoms with Gasteiger partial charge in [0, 0.05) is 5.56 Å². The van der Waals surface area contributed by atoms with Crippen LogP contribution in [0.4, 0.5) is 0 Å². The molecule has 6 heteroatoms. The monoisotopic (exact) mass is 342 g/mol. The summed E-state index contributed by atoms with van der Waals surface area (Å²) in [5.74, 6) is 1.06. The Morgan fingerprint density at radius 1 is 1.08 bits per heavy atom. The molecule has 0 unspecified atom stereocenters. The summed E-state index contributed by atoms with van der Waals surface area (Å²) in [5, 5.41) is 0. The lowest BCUT2D eigenvalue weighted by molar-refractivity contribution is -0.143. The summed E-state index contributed by atoms with van der Waals surface area (Å²) in [6.45, 7) is 1.95. The van der Waals surface area contributed by atoms with Crippen LogP contribution in [0.5, 0.6) is 17.2 Å². The van der Waals surface area contributed by atoms with E-state index in [1.54, 1.807) is 18.2 Å². The Hall–Kier alpha value is -3.02. The molecule has 1 aliphatic rings. The molecule has 2 aromatic carbocycles. The largest absolute Gasteiger partial charge is 0.493 e. The van der Waals surface area contributed by atoms with Gasteiger partial charge in [-0.05, 0) is 36.8 Å². The minimum absolute atomic E-state index is 0.0722. The fourth-order valence-corrected chi connectivity index (χ4v) is 2.33. The maximum absolute atomic E-state index is 12.1. The fourth-order valence-electron chi connectivity index (χ4n) is 2.33. The number of carbonyl (C=O) groups excluding carboxylic acids is 2. The van der Waals surface area contributed by atoms with Crippen LogP contribution in [0.2, 0.25) is 0 Å². The number of ether oxygens (including phenoxy) is 4. The predicted octanol–water partition coefficient (Wildman–Crippen LogP) is 2.92. The van der Waals surface area contributed by atoms with E-state index < -0.39 is 5.97 Å². The molecule has 130 valence electrons. The number of fused-ring (bicyclic) bond motifs is 1. The van der Waals surface area contributed by atoms with E-state index in [1.165, 1.54) is 0 Å². The van der Waals surface area contributed by atoms with E-state index in [0.717, 1.165) is 11.3 Å². The number of aryl methyl sites for hydroxylation is 1. The Balaban J connectivity index is 1.43. The van der Waals surface area contributed by atoms with E-state index in [9.17, 15) is 9.59 Å². The number of para-hydroxylation sites is 1. The third-order valence-electron chi connectivity index (χ3n) is 3.72. The highest BCUT2D eigenvalue weighted by molar-refractivity contribution is 5.98. The number of ketones is 1. The maximum atomic E-state index is 12.1. The number of esters is 1. The average molecular weight is 342 g/mol. The Morgan fingerprint density at radius 2 is 1.88 bits per heavy atom. The molecule has 6 nitrogen and oxygen atoms in total. The molecule has 0 bridgehead atoms.